The van der Waals surface area contributed by atoms with E-state index in [9.17, 15) is 19.2 Å². The molecule has 0 fully saturated rings. The number of carboxylic acids is 3. The van der Waals surface area contributed by atoms with Gasteiger partial charge in [0, 0.05) is 12.8 Å². The van der Waals surface area contributed by atoms with Gasteiger partial charge >= 0.3 is 23.9 Å². The Morgan fingerprint density at radius 3 is 1.57 bits per heavy atom. The smallest absolute Gasteiger partial charge is 0.336 e. The summed E-state index contributed by atoms with van der Waals surface area (Å²) in [7, 11) is 0. The lowest BCUT2D eigenvalue weighted by Crippen LogP contribution is -2.06. The number of hydrogen-bond donors (Lipinski definition) is 3. The number of carboxylic acid groups (broad SMARTS) is 3. The molecule has 8 heteroatoms. The van der Waals surface area contributed by atoms with Crippen molar-refractivity contribution in [2.45, 2.75) is 58.3 Å². The van der Waals surface area contributed by atoms with E-state index in [1.807, 2.05) is 0 Å². The second-order valence-electron chi connectivity index (χ2n) is 5.98. The topological polar surface area (TPSA) is 138 Å². The predicted molar refractivity (Wildman–Crippen MR) is 102 cm³/mol. The first-order valence-electron chi connectivity index (χ1n) is 9.22. The third-order valence-corrected chi connectivity index (χ3v) is 3.71. The van der Waals surface area contributed by atoms with Gasteiger partial charge in [-0.15, -0.1) is 0 Å². The normalized spacial score (nSPS) is 9.75. The molecule has 0 aromatic heterocycles. The fraction of sp³-hybridized carbons (Fsp3) is 0.500. The van der Waals surface area contributed by atoms with Crippen LogP contribution in [0.4, 0.5) is 0 Å². The van der Waals surface area contributed by atoms with Crippen LogP contribution in [0.3, 0.4) is 0 Å². The molecule has 0 saturated heterocycles. The third kappa shape index (κ3) is 12.5. The summed E-state index contributed by atoms with van der Waals surface area (Å²) in [5.41, 5.74) is -0.380. The molecule has 0 bridgehead atoms. The standard InChI is InChI=1S/C12H22O4.C8H6O4/c1-2-16-12(15)10-8-6-4-3-5-7-9-11(13)14;9-7(10)5-3-1-2-4-6(5)8(11)12/h2-10H2,1H3,(H,13,14);1-4H,(H,9,10)(H,11,12). The van der Waals surface area contributed by atoms with Gasteiger partial charge < -0.3 is 20.1 Å². The third-order valence-electron chi connectivity index (χ3n) is 3.71. The first-order chi connectivity index (χ1) is 13.3. The highest BCUT2D eigenvalue weighted by Crippen LogP contribution is 2.09. The van der Waals surface area contributed by atoms with Crippen molar-refractivity contribution in [2.24, 2.45) is 0 Å². The van der Waals surface area contributed by atoms with E-state index in [4.69, 9.17) is 20.1 Å². The van der Waals surface area contributed by atoms with E-state index >= 15 is 0 Å². The summed E-state index contributed by atoms with van der Waals surface area (Å²) >= 11 is 0. The fourth-order valence-corrected chi connectivity index (χ4v) is 2.34. The molecule has 156 valence electrons. The van der Waals surface area contributed by atoms with E-state index in [-0.39, 0.29) is 23.5 Å². The van der Waals surface area contributed by atoms with Crippen LogP contribution in [0, 0.1) is 0 Å². The summed E-state index contributed by atoms with van der Waals surface area (Å²) in [6, 6.07) is 5.48. The molecular formula is C20H28O8. The highest BCUT2D eigenvalue weighted by atomic mass is 16.5. The second-order valence-corrected chi connectivity index (χ2v) is 5.98. The minimum absolute atomic E-state index is 0.117. The average molecular weight is 396 g/mol. The van der Waals surface area contributed by atoms with Gasteiger partial charge in [-0.25, -0.2) is 9.59 Å². The van der Waals surface area contributed by atoms with Crippen LogP contribution in [-0.4, -0.2) is 45.8 Å². The van der Waals surface area contributed by atoms with Gasteiger partial charge in [0.15, 0.2) is 0 Å². The molecule has 28 heavy (non-hydrogen) atoms. The number of esters is 1. The molecule has 0 saturated carbocycles. The zero-order valence-corrected chi connectivity index (χ0v) is 16.1. The molecule has 0 atom stereocenters. The Hall–Kier alpha value is -2.90. The highest BCUT2D eigenvalue weighted by Gasteiger charge is 2.13. The number of unbranched alkanes of at least 4 members (excludes halogenated alkanes) is 5. The minimum Gasteiger partial charge on any atom is -0.481 e. The number of rotatable bonds is 12. The van der Waals surface area contributed by atoms with Crippen LogP contribution in [-0.2, 0) is 14.3 Å². The molecule has 0 aliphatic heterocycles. The van der Waals surface area contributed by atoms with Crippen LogP contribution in [0.1, 0.15) is 79.0 Å². The van der Waals surface area contributed by atoms with E-state index in [1.54, 1.807) is 6.92 Å². The Kier molecular flexibility index (Phi) is 13.6. The zero-order valence-electron chi connectivity index (χ0n) is 16.1. The molecule has 0 aliphatic rings. The Balaban J connectivity index is 0.000000540. The predicted octanol–water partition coefficient (Wildman–Crippen LogP) is 3.84. The molecular weight excluding hydrogens is 368 g/mol. The SMILES string of the molecule is CCOC(=O)CCCCCCCCC(=O)O.O=C(O)c1ccccc1C(=O)O. The van der Waals surface area contributed by atoms with Crippen molar-refractivity contribution in [3.63, 3.8) is 0 Å². The lowest BCUT2D eigenvalue weighted by molar-refractivity contribution is -0.143. The maximum absolute atomic E-state index is 11.0. The van der Waals surface area contributed by atoms with Crippen molar-refractivity contribution in [1.82, 2.24) is 0 Å². The van der Waals surface area contributed by atoms with Crippen molar-refractivity contribution in [1.29, 1.82) is 0 Å². The summed E-state index contributed by atoms with van der Waals surface area (Å²) < 4.78 is 4.81. The monoisotopic (exact) mass is 396 g/mol. The van der Waals surface area contributed by atoms with Gasteiger partial charge in [-0.1, -0.05) is 37.8 Å². The van der Waals surface area contributed by atoms with Gasteiger partial charge in [0.1, 0.15) is 0 Å². The van der Waals surface area contributed by atoms with E-state index in [0.29, 0.717) is 13.0 Å². The summed E-state index contributed by atoms with van der Waals surface area (Å²) in [6.07, 6.45) is 6.50. The van der Waals surface area contributed by atoms with Crippen LogP contribution in [0.15, 0.2) is 24.3 Å². The van der Waals surface area contributed by atoms with Crippen LogP contribution in [0.5, 0.6) is 0 Å². The van der Waals surface area contributed by atoms with Crippen LogP contribution >= 0.6 is 0 Å². The second kappa shape index (κ2) is 15.2. The van der Waals surface area contributed by atoms with E-state index < -0.39 is 17.9 Å². The summed E-state index contributed by atoms with van der Waals surface area (Å²) in [4.78, 5) is 42.1. The molecule has 0 aliphatic carbocycles. The van der Waals surface area contributed by atoms with E-state index in [0.717, 1.165) is 38.5 Å². The van der Waals surface area contributed by atoms with Crippen molar-refractivity contribution in [3.8, 4) is 0 Å². The largest absolute Gasteiger partial charge is 0.481 e. The molecule has 8 nitrogen and oxygen atoms in total. The molecule has 0 amide bonds. The molecule has 1 aromatic rings. The quantitative estimate of drug-likeness (QED) is 0.358. The van der Waals surface area contributed by atoms with Crippen molar-refractivity contribution >= 4 is 23.9 Å². The van der Waals surface area contributed by atoms with E-state index in [1.165, 1.54) is 24.3 Å². The van der Waals surface area contributed by atoms with Gasteiger partial charge in [0.2, 0.25) is 0 Å². The number of carbonyl (C=O) groups is 4. The van der Waals surface area contributed by atoms with Crippen molar-refractivity contribution in [2.75, 3.05) is 6.61 Å². The number of benzene rings is 1. The minimum atomic E-state index is -1.23. The number of hydrogen-bond acceptors (Lipinski definition) is 5. The Bertz CT molecular complexity index is 606. The maximum Gasteiger partial charge on any atom is 0.336 e. The van der Waals surface area contributed by atoms with Crippen LogP contribution < -0.4 is 0 Å². The number of aliphatic carboxylic acids is 1. The number of aromatic carboxylic acids is 2. The molecule has 1 rings (SSSR count). The van der Waals surface area contributed by atoms with Gasteiger partial charge in [0.25, 0.3) is 0 Å². The van der Waals surface area contributed by atoms with Gasteiger partial charge in [-0.05, 0) is 31.9 Å². The summed E-state index contributed by atoms with van der Waals surface area (Å²) in [5.74, 6) is -3.29. The lowest BCUT2D eigenvalue weighted by Gasteiger charge is -2.02. The van der Waals surface area contributed by atoms with Gasteiger partial charge in [-0.3, -0.25) is 9.59 Å². The summed E-state index contributed by atoms with van der Waals surface area (Å²) in [6.45, 7) is 2.26. The molecule has 1 aromatic carbocycles. The Morgan fingerprint density at radius 1 is 0.750 bits per heavy atom. The van der Waals surface area contributed by atoms with Gasteiger partial charge in [0.05, 0.1) is 17.7 Å². The van der Waals surface area contributed by atoms with Crippen LogP contribution in [0.2, 0.25) is 0 Å². The van der Waals surface area contributed by atoms with Gasteiger partial charge in [-0.2, -0.15) is 0 Å². The first-order valence-corrected chi connectivity index (χ1v) is 9.22. The lowest BCUT2D eigenvalue weighted by atomic mass is 10.1. The Labute approximate surface area is 164 Å². The van der Waals surface area contributed by atoms with E-state index in [2.05, 4.69) is 0 Å². The first kappa shape index (κ1) is 25.1. The zero-order chi connectivity index (χ0) is 21.4. The molecule has 0 radical (unpaired) electrons. The average Bonchev–Trinajstić information content (AvgIpc) is 2.64. The fourth-order valence-electron chi connectivity index (χ4n) is 2.34. The maximum atomic E-state index is 11.0. The summed E-state index contributed by atoms with van der Waals surface area (Å²) in [5, 5.41) is 25.5. The Morgan fingerprint density at radius 2 is 1.18 bits per heavy atom. The van der Waals surface area contributed by atoms with Crippen molar-refractivity contribution < 1.29 is 39.2 Å². The molecule has 3 N–H and O–H groups in total. The number of carbonyl (C=O) groups excluding carboxylic acids is 1. The molecule has 0 heterocycles. The van der Waals surface area contributed by atoms with Crippen LogP contribution in [0.25, 0.3) is 0 Å². The molecule has 0 spiro atoms. The molecule has 0 unspecified atom stereocenters. The van der Waals surface area contributed by atoms with Crippen molar-refractivity contribution in [3.05, 3.63) is 35.4 Å². The highest BCUT2D eigenvalue weighted by molar-refractivity contribution is 6.01. The number of ether oxygens (including phenoxy) is 1.